The second-order valence-corrected chi connectivity index (χ2v) is 4.77. The zero-order valence-corrected chi connectivity index (χ0v) is 11.1. The molecular weight excluding hydrogens is 252 g/mol. The zero-order valence-electron chi connectivity index (χ0n) is 10.4. The van der Waals surface area contributed by atoms with Crippen molar-refractivity contribution in [1.29, 1.82) is 0 Å². The Morgan fingerprint density at radius 1 is 1.39 bits per heavy atom. The van der Waals surface area contributed by atoms with Crippen LogP contribution >= 0.6 is 11.6 Å². The molecule has 1 aromatic rings. The monoisotopic (exact) mass is 266 g/mol. The quantitative estimate of drug-likeness (QED) is 0.826. The molecule has 1 heterocycles. The number of halogens is 1. The Bertz CT molecular complexity index is 490. The fourth-order valence-corrected chi connectivity index (χ4v) is 2.38. The minimum absolute atomic E-state index is 0.0505. The molecule has 0 bridgehead atoms. The number of hydrogen-bond acceptors (Lipinski definition) is 2. The summed E-state index contributed by atoms with van der Waals surface area (Å²) in [5, 5.41) is 0.509. The van der Waals surface area contributed by atoms with Gasteiger partial charge in [-0.3, -0.25) is 4.79 Å². The van der Waals surface area contributed by atoms with Crippen LogP contribution in [0.1, 0.15) is 20.3 Å². The van der Waals surface area contributed by atoms with E-state index in [1.54, 1.807) is 29.2 Å². The average molecular weight is 267 g/mol. The van der Waals surface area contributed by atoms with E-state index in [0.29, 0.717) is 23.7 Å². The van der Waals surface area contributed by atoms with Crippen molar-refractivity contribution in [2.75, 3.05) is 11.4 Å². The lowest BCUT2D eigenvalue weighted by atomic mass is 10.1. The summed E-state index contributed by atoms with van der Waals surface area (Å²) in [6.45, 7) is 4.37. The summed E-state index contributed by atoms with van der Waals surface area (Å²) in [5.74, 6) is -0.181. The van der Waals surface area contributed by atoms with Gasteiger partial charge >= 0.3 is 6.03 Å². The number of rotatable bonds is 2. The first-order chi connectivity index (χ1) is 8.54. The van der Waals surface area contributed by atoms with E-state index >= 15 is 0 Å². The molecule has 2 rings (SSSR count). The van der Waals surface area contributed by atoms with Crippen LogP contribution in [0.4, 0.5) is 10.5 Å². The maximum absolute atomic E-state index is 12.3. The van der Waals surface area contributed by atoms with Crippen molar-refractivity contribution < 1.29 is 9.59 Å². The summed E-state index contributed by atoms with van der Waals surface area (Å²) >= 11 is 5.90. The second kappa shape index (κ2) is 4.98. The van der Waals surface area contributed by atoms with E-state index in [1.807, 2.05) is 13.8 Å². The molecule has 0 aliphatic carbocycles. The minimum atomic E-state index is -0.275. The number of carbonyl (C=O) groups is 2. The maximum atomic E-state index is 12.3. The molecule has 3 amide bonds. The number of hydrogen-bond donors (Lipinski definition) is 0. The summed E-state index contributed by atoms with van der Waals surface area (Å²) in [7, 11) is 0. The number of urea groups is 1. The molecule has 1 unspecified atom stereocenters. The number of nitrogens with zero attached hydrogens (tertiary/aromatic N) is 2. The Labute approximate surface area is 111 Å². The fraction of sp³-hybridized carbons (Fsp3) is 0.385. The number of amides is 3. The predicted molar refractivity (Wildman–Crippen MR) is 70.8 cm³/mol. The highest BCUT2D eigenvalue weighted by molar-refractivity contribution is 6.31. The number of anilines is 1. The standard InChI is InChI=1S/C13H15ClN2O2/c1-3-15-9(2)7-12(17)16(13(15)18)11-6-4-5-10(14)8-11/h4-6,8-9H,3,7H2,1-2H3. The third-order valence-electron chi connectivity index (χ3n) is 3.10. The van der Waals surface area contributed by atoms with Crippen LogP contribution < -0.4 is 4.90 Å². The lowest BCUT2D eigenvalue weighted by Gasteiger charge is -2.38. The molecule has 1 aliphatic heterocycles. The van der Waals surface area contributed by atoms with Crippen molar-refractivity contribution in [2.45, 2.75) is 26.3 Å². The highest BCUT2D eigenvalue weighted by atomic mass is 35.5. The van der Waals surface area contributed by atoms with Crippen molar-refractivity contribution in [2.24, 2.45) is 0 Å². The molecule has 1 aromatic carbocycles. The van der Waals surface area contributed by atoms with Gasteiger partial charge in [0.2, 0.25) is 5.91 Å². The highest BCUT2D eigenvalue weighted by Crippen LogP contribution is 2.26. The van der Waals surface area contributed by atoms with Crippen molar-refractivity contribution in [1.82, 2.24) is 4.90 Å². The van der Waals surface area contributed by atoms with Gasteiger partial charge in [0.15, 0.2) is 0 Å². The molecule has 0 radical (unpaired) electrons. The van der Waals surface area contributed by atoms with Crippen LogP contribution in [0.2, 0.25) is 5.02 Å². The van der Waals surface area contributed by atoms with E-state index in [0.717, 1.165) is 0 Å². The Morgan fingerprint density at radius 2 is 2.11 bits per heavy atom. The first-order valence-corrected chi connectivity index (χ1v) is 6.31. The Balaban J connectivity index is 2.37. The van der Waals surface area contributed by atoms with E-state index in [9.17, 15) is 9.59 Å². The molecule has 4 nitrogen and oxygen atoms in total. The summed E-state index contributed by atoms with van der Waals surface area (Å²) < 4.78 is 0. The Morgan fingerprint density at radius 3 is 2.72 bits per heavy atom. The van der Waals surface area contributed by atoms with E-state index in [2.05, 4.69) is 0 Å². The molecule has 96 valence electrons. The van der Waals surface area contributed by atoms with Gasteiger partial charge in [-0.1, -0.05) is 17.7 Å². The lowest BCUT2D eigenvalue weighted by molar-refractivity contribution is -0.120. The third-order valence-corrected chi connectivity index (χ3v) is 3.33. The van der Waals surface area contributed by atoms with Crippen molar-refractivity contribution in [3.05, 3.63) is 29.3 Å². The topological polar surface area (TPSA) is 40.6 Å². The van der Waals surface area contributed by atoms with E-state index in [1.165, 1.54) is 4.90 Å². The van der Waals surface area contributed by atoms with E-state index in [4.69, 9.17) is 11.6 Å². The van der Waals surface area contributed by atoms with Crippen LogP contribution in [0.3, 0.4) is 0 Å². The molecule has 1 fully saturated rings. The molecule has 1 atom stereocenters. The van der Waals surface area contributed by atoms with E-state index in [-0.39, 0.29) is 18.0 Å². The molecule has 5 heteroatoms. The molecule has 1 saturated heterocycles. The lowest BCUT2D eigenvalue weighted by Crippen LogP contribution is -2.56. The molecule has 0 saturated carbocycles. The van der Waals surface area contributed by atoms with Crippen molar-refractivity contribution >= 4 is 29.2 Å². The van der Waals surface area contributed by atoms with Gasteiger partial charge in [0.05, 0.1) is 5.69 Å². The molecule has 0 aromatic heterocycles. The SMILES string of the molecule is CCN1C(=O)N(c2cccc(Cl)c2)C(=O)CC1C. The van der Waals surface area contributed by atoms with E-state index < -0.39 is 0 Å². The van der Waals surface area contributed by atoms with Crippen LogP contribution in [0.25, 0.3) is 0 Å². The summed E-state index contributed by atoms with van der Waals surface area (Å²) in [6.07, 6.45) is 0.339. The smallest absolute Gasteiger partial charge is 0.321 e. The van der Waals surface area contributed by atoms with Crippen LogP contribution in [0, 0.1) is 0 Å². The first-order valence-electron chi connectivity index (χ1n) is 5.93. The molecular formula is C13H15ClN2O2. The van der Waals surface area contributed by atoms with Crippen molar-refractivity contribution in [3.8, 4) is 0 Å². The molecule has 0 N–H and O–H groups in total. The molecule has 0 spiro atoms. The van der Waals surface area contributed by atoms with Crippen LogP contribution in [-0.4, -0.2) is 29.4 Å². The maximum Gasteiger partial charge on any atom is 0.331 e. The van der Waals surface area contributed by atoms with Gasteiger partial charge < -0.3 is 4.90 Å². The fourth-order valence-electron chi connectivity index (χ4n) is 2.19. The van der Waals surface area contributed by atoms with Gasteiger partial charge in [-0.05, 0) is 32.0 Å². The predicted octanol–water partition coefficient (Wildman–Crippen LogP) is 2.91. The normalized spacial score (nSPS) is 20.5. The van der Waals surface area contributed by atoms with Gasteiger partial charge in [-0.25, -0.2) is 9.69 Å². The van der Waals surface area contributed by atoms with Gasteiger partial charge in [-0.2, -0.15) is 0 Å². The number of benzene rings is 1. The Kier molecular flexibility index (Phi) is 3.57. The van der Waals surface area contributed by atoms with Gasteiger partial charge in [-0.15, -0.1) is 0 Å². The van der Waals surface area contributed by atoms with Crippen molar-refractivity contribution in [3.63, 3.8) is 0 Å². The number of imide groups is 1. The highest BCUT2D eigenvalue weighted by Gasteiger charge is 2.36. The van der Waals surface area contributed by atoms with Crippen LogP contribution in [0.5, 0.6) is 0 Å². The van der Waals surface area contributed by atoms with Gasteiger partial charge in [0.25, 0.3) is 0 Å². The average Bonchev–Trinajstić information content (AvgIpc) is 2.28. The third kappa shape index (κ3) is 2.20. The van der Waals surface area contributed by atoms with Crippen LogP contribution in [-0.2, 0) is 4.79 Å². The molecule has 1 aliphatic rings. The largest absolute Gasteiger partial charge is 0.331 e. The zero-order chi connectivity index (χ0) is 13.3. The van der Waals surface area contributed by atoms with Crippen LogP contribution in [0.15, 0.2) is 24.3 Å². The summed E-state index contributed by atoms with van der Waals surface area (Å²) in [6, 6.07) is 6.46. The second-order valence-electron chi connectivity index (χ2n) is 4.33. The van der Waals surface area contributed by atoms with Gasteiger partial charge in [0, 0.05) is 24.0 Å². The van der Waals surface area contributed by atoms with Gasteiger partial charge in [0.1, 0.15) is 0 Å². The molecule has 18 heavy (non-hydrogen) atoms. The first kappa shape index (κ1) is 12.9. The number of carbonyl (C=O) groups excluding carboxylic acids is 2. The summed E-state index contributed by atoms with van der Waals surface area (Å²) in [4.78, 5) is 27.2. The summed E-state index contributed by atoms with van der Waals surface area (Å²) in [5.41, 5.74) is 0.530. The minimum Gasteiger partial charge on any atom is -0.321 e. The Hall–Kier alpha value is -1.55.